The second-order valence-electron chi connectivity index (χ2n) is 12.0. The third kappa shape index (κ3) is 6.40. The Hall–Kier alpha value is -2.03. The van der Waals surface area contributed by atoms with E-state index < -0.39 is 45.7 Å². The summed E-state index contributed by atoms with van der Waals surface area (Å²) in [7, 11) is -4.16. The van der Waals surface area contributed by atoms with E-state index in [2.05, 4.69) is 13.5 Å². The SMILES string of the molecule is C=C[C@]1(C)C[C@@H](OC(=O)COS(=O)(=O)c2ccc(C)cc2)[C@@](C)([C@H]2CCCC2=O)[C@H](C)CCC[C@@H](C)[C@@H]1O. The van der Waals surface area contributed by atoms with Crippen LogP contribution in [0.1, 0.15) is 78.2 Å². The molecule has 8 heteroatoms. The summed E-state index contributed by atoms with van der Waals surface area (Å²) in [5.74, 6) is -0.857. The first kappa shape index (κ1) is 30.5. The van der Waals surface area contributed by atoms with Gasteiger partial charge in [-0.2, -0.15) is 8.42 Å². The van der Waals surface area contributed by atoms with Gasteiger partial charge in [0.2, 0.25) is 0 Å². The maximum atomic E-state index is 13.1. The molecule has 0 heterocycles. The number of esters is 1. The van der Waals surface area contributed by atoms with Gasteiger partial charge in [0.15, 0.2) is 6.61 Å². The Labute approximate surface area is 228 Å². The van der Waals surface area contributed by atoms with E-state index in [9.17, 15) is 23.1 Å². The number of carbonyl (C=O) groups excluding carboxylic acids is 2. The Morgan fingerprint density at radius 2 is 1.79 bits per heavy atom. The molecule has 0 aliphatic heterocycles. The summed E-state index contributed by atoms with van der Waals surface area (Å²) in [4.78, 5) is 26.2. The van der Waals surface area contributed by atoms with Crippen molar-refractivity contribution in [1.82, 2.24) is 0 Å². The summed E-state index contributed by atoms with van der Waals surface area (Å²) >= 11 is 0. The van der Waals surface area contributed by atoms with Gasteiger partial charge < -0.3 is 9.84 Å². The molecule has 1 N–H and O–H groups in total. The first-order chi connectivity index (χ1) is 17.7. The van der Waals surface area contributed by atoms with E-state index in [1.807, 2.05) is 27.7 Å². The van der Waals surface area contributed by atoms with Crippen LogP contribution in [0.5, 0.6) is 0 Å². The monoisotopic (exact) mass is 548 g/mol. The molecule has 0 aromatic heterocycles. The lowest BCUT2D eigenvalue weighted by Crippen LogP contribution is -2.52. The van der Waals surface area contributed by atoms with Crippen LogP contribution in [0, 0.1) is 35.5 Å². The number of benzene rings is 1. The number of aliphatic hydroxyl groups excluding tert-OH is 1. The molecule has 2 aliphatic rings. The van der Waals surface area contributed by atoms with Gasteiger partial charge in [-0.25, -0.2) is 4.79 Å². The Kier molecular flexibility index (Phi) is 9.64. The topological polar surface area (TPSA) is 107 Å². The number of hydrogen-bond acceptors (Lipinski definition) is 7. The average Bonchev–Trinajstić information content (AvgIpc) is 3.31. The molecular formula is C30H44O7S. The van der Waals surface area contributed by atoms with Crippen LogP contribution in [0.4, 0.5) is 0 Å². The smallest absolute Gasteiger partial charge is 0.333 e. The first-order valence-electron chi connectivity index (χ1n) is 13.7. The standard InChI is InChI=1S/C30H44O7S/c1-7-29(5)18-26(37-27(32)19-36-38(34,35)23-16-14-20(2)15-17-23)30(6,24-12-9-13-25(24)31)22(4)11-8-10-21(3)28(29)33/h7,14-17,21-22,24,26,28,33H,1,8-13,18-19H2,2-6H3/t21-,22-,24+,26-,28+,29-,30-/m1/s1. The molecule has 2 fully saturated rings. The van der Waals surface area contributed by atoms with Crippen molar-refractivity contribution >= 4 is 21.9 Å². The fourth-order valence-corrected chi connectivity index (χ4v) is 7.28. The minimum atomic E-state index is -4.16. The number of ether oxygens (including phenoxy) is 1. The van der Waals surface area contributed by atoms with E-state index in [1.165, 1.54) is 12.1 Å². The maximum absolute atomic E-state index is 13.1. The van der Waals surface area contributed by atoms with Gasteiger partial charge in [0.1, 0.15) is 11.9 Å². The lowest BCUT2D eigenvalue weighted by molar-refractivity contribution is -0.173. The number of ketones is 1. The van der Waals surface area contributed by atoms with Gasteiger partial charge in [-0.15, -0.1) is 6.58 Å². The number of aryl methyl sites for hydroxylation is 1. The molecule has 212 valence electrons. The summed E-state index contributed by atoms with van der Waals surface area (Å²) in [5.41, 5.74) is -0.570. The minimum absolute atomic E-state index is 0.0157. The molecule has 3 rings (SSSR count). The molecule has 38 heavy (non-hydrogen) atoms. The fraction of sp³-hybridized carbons (Fsp3) is 0.667. The Morgan fingerprint density at radius 3 is 2.37 bits per heavy atom. The van der Waals surface area contributed by atoms with Crippen molar-refractivity contribution in [3.05, 3.63) is 42.5 Å². The van der Waals surface area contributed by atoms with Gasteiger partial charge in [-0.3, -0.25) is 8.98 Å². The van der Waals surface area contributed by atoms with Crippen molar-refractivity contribution in [1.29, 1.82) is 0 Å². The zero-order valence-electron chi connectivity index (χ0n) is 23.4. The molecule has 0 radical (unpaired) electrons. The van der Waals surface area contributed by atoms with Gasteiger partial charge in [0.05, 0.1) is 11.0 Å². The van der Waals surface area contributed by atoms with Crippen LogP contribution < -0.4 is 0 Å². The summed E-state index contributed by atoms with van der Waals surface area (Å²) in [6, 6.07) is 6.17. The highest BCUT2D eigenvalue weighted by Gasteiger charge is 2.54. The maximum Gasteiger partial charge on any atom is 0.333 e. The Bertz CT molecular complexity index is 1110. The third-order valence-corrected chi connectivity index (χ3v) is 10.6. The average molecular weight is 549 g/mol. The quantitative estimate of drug-likeness (QED) is 0.277. The molecule has 2 saturated carbocycles. The number of carbonyl (C=O) groups is 2. The van der Waals surface area contributed by atoms with Crippen LogP contribution in [0.2, 0.25) is 0 Å². The molecule has 1 aromatic carbocycles. The lowest BCUT2D eigenvalue weighted by atomic mass is 9.58. The third-order valence-electron chi connectivity index (χ3n) is 9.33. The molecule has 0 spiro atoms. The van der Waals surface area contributed by atoms with Crippen LogP contribution in [0.3, 0.4) is 0 Å². The van der Waals surface area contributed by atoms with Crippen molar-refractivity contribution in [2.45, 2.75) is 96.7 Å². The summed E-state index contributed by atoms with van der Waals surface area (Å²) in [6.07, 6.45) is 5.10. The van der Waals surface area contributed by atoms with E-state index in [-0.39, 0.29) is 34.9 Å². The van der Waals surface area contributed by atoms with Gasteiger partial charge >= 0.3 is 5.97 Å². The Balaban J connectivity index is 1.92. The molecule has 0 saturated heterocycles. The van der Waals surface area contributed by atoms with Crippen LogP contribution in [-0.2, 0) is 28.6 Å². The summed E-state index contributed by atoms with van der Waals surface area (Å²) in [5, 5.41) is 11.3. The Morgan fingerprint density at radius 1 is 1.13 bits per heavy atom. The molecule has 2 aliphatic carbocycles. The number of Topliss-reactive ketones (excluding diaryl/α,β-unsaturated/α-hetero) is 1. The second kappa shape index (κ2) is 12.0. The van der Waals surface area contributed by atoms with Gasteiger partial charge in [-0.05, 0) is 56.6 Å². The predicted molar refractivity (Wildman–Crippen MR) is 146 cm³/mol. The minimum Gasteiger partial charge on any atom is -0.460 e. The van der Waals surface area contributed by atoms with E-state index in [1.54, 1.807) is 18.2 Å². The summed E-state index contributed by atoms with van der Waals surface area (Å²) in [6.45, 7) is 13.1. The highest BCUT2D eigenvalue weighted by atomic mass is 32.2. The van der Waals surface area contributed by atoms with Crippen LogP contribution in [-0.4, -0.2) is 44.1 Å². The van der Waals surface area contributed by atoms with Crippen molar-refractivity contribution in [2.24, 2.45) is 28.6 Å². The van der Waals surface area contributed by atoms with Crippen molar-refractivity contribution in [2.75, 3.05) is 6.61 Å². The normalized spacial score (nSPS) is 35.0. The lowest BCUT2D eigenvalue weighted by Gasteiger charge is -2.49. The molecule has 7 atom stereocenters. The van der Waals surface area contributed by atoms with Crippen molar-refractivity contribution in [3.63, 3.8) is 0 Å². The number of hydrogen-bond donors (Lipinski definition) is 1. The molecule has 0 unspecified atom stereocenters. The van der Waals surface area contributed by atoms with Crippen molar-refractivity contribution < 1.29 is 32.0 Å². The summed E-state index contributed by atoms with van der Waals surface area (Å²) < 4.78 is 36.5. The number of rotatable bonds is 7. The van der Waals surface area contributed by atoms with Crippen LogP contribution >= 0.6 is 0 Å². The van der Waals surface area contributed by atoms with E-state index >= 15 is 0 Å². The molecule has 7 nitrogen and oxygen atoms in total. The predicted octanol–water partition coefficient (Wildman–Crippen LogP) is 5.39. The number of aliphatic hydroxyl groups is 1. The molecule has 0 bridgehead atoms. The second-order valence-corrected chi connectivity index (χ2v) is 13.6. The zero-order valence-corrected chi connectivity index (χ0v) is 24.3. The van der Waals surface area contributed by atoms with E-state index in [0.717, 1.165) is 37.7 Å². The highest BCUT2D eigenvalue weighted by Crippen LogP contribution is 2.52. The van der Waals surface area contributed by atoms with Crippen LogP contribution in [0.15, 0.2) is 41.8 Å². The van der Waals surface area contributed by atoms with Crippen molar-refractivity contribution in [3.8, 4) is 0 Å². The van der Waals surface area contributed by atoms with Gasteiger partial charge in [-0.1, -0.05) is 64.3 Å². The first-order valence-corrected chi connectivity index (χ1v) is 15.2. The van der Waals surface area contributed by atoms with Crippen LogP contribution in [0.25, 0.3) is 0 Å². The van der Waals surface area contributed by atoms with Gasteiger partial charge in [0, 0.05) is 23.2 Å². The zero-order chi connectivity index (χ0) is 28.3. The molecule has 1 aromatic rings. The molecule has 0 amide bonds. The van der Waals surface area contributed by atoms with Gasteiger partial charge in [0.25, 0.3) is 10.1 Å². The largest absolute Gasteiger partial charge is 0.460 e. The fourth-order valence-electron chi connectivity index (χ4n) is 6.43. The molecular weight excluding hydrogens is 504 g/mol. The van der Waals surface area contributed by atoms with E-state index in [0.29, 0.717) is 6.42 Å². The van der Waals surface area contributed by atoms with E-state index in [4.69, 9.17) is 8.92 Å². The highest BCUT2D eigenvalue weighted by molar-refractivity contribution is 7.86.